The molecule has 1 fully saturated rings. The largest absolute Gasteiger partial charge is 0.491 e. The first-order valence-corrected chi connectivity index (χ1v) is 7.07. The van der Waals surface area contributed by atoms with Gasteiger partial charge in [-0.25, -0.2) is 8.78 Å². The number of halogens is 4. The van der Waals surface area contributed by atoms with Gasteiger partial charge in [0.1, 0.15) is 5.78 Å². The summed E-state index contributed by atoms with van der Waals surface area (Å²) in [5, 5.41) is 9.53. The highest BCUT2D eigenvalue weighted by Gasteiger charge is 2.77. The molecule has 1 aliphatic rings. The maximum atomic E-state index is 14.2. The van der Waals surface area contributed by atoms with E-state index in [4.69, 9.17) is 0 Å². The van der Waals surface area contributed by atoms with Gasteiger partial charge in [0, 0.05) is 11.5 Å². The number of hydrogen-bond donors (Lipinski definition) is 1. The number of Topliss-reactive ketones (excluding diaryl/α,β-unsaturated/α-hetero) is 1. The number of ether oxygens (including phenoxy) is 1. The molecule has 0 aromatic heterocycles. The minimum Gasteiger partial charge on any atom is -0.491 e. The Morgan fingerprint density at radius 3 is 1.83 bits per heavy atom. The van der Waals surface area contributed by atoms with E-state index in [1.54, 1.807) is 0 Å². The number of aliphatic carboxylic acids is 1. The maximum absolute atomic E-state index is 14.2. The predicted octanol–water partition coefficient (Wildman–Crippen LogP) is 3.11. The number of rotatable bonds is 5. The second-order valence-electron chi connectivity index (χ2n) is 6.49. The molecule has 1 aliphatic carbocycles. The van der Waals surface area contributed by atoms with Gasteiger partial charge < -0.3 is 9.84 Å². The summed E-state index contributed by atoms with van der Waals surface area (Å²) in [6, 6.07) is 0. The molecule has 1 aromatic rings. The van der Waals surface area contributed by atoms with Crippen molar-refractivity contribution in [3.8, 4) is 5.75 Å². The summed E-state index contributed by atoms with van der Waals surface area (Å²) in [5.74, 6) is -11.1. The molecule has 24 heavy (non-hydrogen) atoms. The van der Waals surface area contributed by atoms with Crippen LogP contribution in [0.2, 0.25) is 0 Å². The fraction of sp³-hybridized carbons (Fsp3) is 0.500. The van der Waals surface area contributed by atoms with E-state index in [1.807, 2.05) is 0 Å². The topological polar surface area (TPSA) is 63.6 Å². The lowest BCUT2D eigenvalue weighted by molar-refractivity contribution is -0.146. The first-order chi connectivity index (χ1) is 10.9. The van der Waals surface area contributed by atoms with E-state index >= 15 is 0 Å². The number of hydrogen-bond acceptors (Lipinski definition) is 3. The third-order valence-electron chi connectivity index (χ3n) is 5.04. The van der Waals surface area contributed by atoms with Gasteiger partial charge in [0.15, 0.2) is 17.4 Å². The molecule has 0 heterocycles. The van der Waals surface area contributed by atoms with Crippen molar-refractivity contribution in [1.82, 2.24) is 0 Å². The van der Waals surface area contributed by atoms with E-state index in [1.165, 1.54) is 20.8 Å². The number of carbonyl (C=O) groups is 2. The summed E-state index contributed by atoms with van der Waals surface area (Å²) < 4.78 is 60.2. The lowest BCUT2D eigenvalue weighted by Gasteiger charge is -2.18. The minimum absolute atomic E-state index is 0.474. The SMILES string of the molecule is COc1c(F)c(F)c(CC2(C(=O)O)C(C(C)=O)C2(C)C)c(F)c1F. The molecule has 1 aromatic carbocycles. The maximum Gasteiger partial charge on any atom is 0.311 e. The Hall–Kier alpha value is -2.12. The number of methoxy groups -OCH3 is 1. The van der Waals surface area contributed by atoms with Crippen LogP contribution in [0.3, 0.4) is 0 Å². The molecule has 0 spiro atoms. The van der Waals surface area contributed by atoms with Crippen molar-refractivity contribution in [2.24, 2.45) is 16.7 Å². The van der Waals surface area contributed by atoms with Crippen LogP contribution in [0.25, 0.3) is 0 Å². The smallest absolute Gasteiger partial charge is 0.311 e. The van der Waals surface area contributed by atoms with Gasteiger partial charge >= 0.3 is 5.97 Å². The highest BCUT2D eigenvalue weighted by Crippen LogP contribution is 2.70. The number of ketones is 1. The average molecular weight is 348 g/mol. The summed E-state index contributed by atoms with van der Waals surface area (Å²) in [5.41, 5.74) is -4.00. The van der Waals surface area contributed by atoms with Crippen LogP contribution in [-0.2, 0) is 16.0 Å². The van der Waals surface area contributed by atoms with Crippen molar-refractivity contribution < 1.29 is 37.0 Å². The molecule has 1 N–H and O–H groups in total. The van der Waals surface area contributed by atoms with Crippen molar-refractivity contribution in [2.45, 2.75) is 27.2 Å². The van der Waals surface area contributed by atoms with Gasteiger partial charge in [0.25, 0.3) is 0 Å². The highest BCUT2D eigenvalue weighted by molar-refractivity contribution is 5.95. The molecule has 2 unspecified atom stereocenters. The summed E-state index contributed by atoms with van der Waals surface area (Å²) in [4.78, 5) is 23.4. The summed E-state index contributed by atoms with van der Waals surface area (Å²) in [6.45, 7) is 4.08. The molecule has 0 amide bonds. The van der Waals surface area contributed by atoms with E-state index in [2.05, 4.69) is 4.74 Å². The predicted molar refractivity (Wildman–Crippen MR) is 74.6 cm³/mol. The summed E-state index contributed by atoms with van der Waals surface area (Å²) in [7, 11) is 0.842. The summed E-state index contributed by atoms with van der Waals surface area (Å²) in [6.07, 6.45) is -0.852. The first kappa shape index (κ1) is 18.2. The van der Waals surface area contributed by atoms with Crippen LogP contribution in [0.4, 0.5) is 17.6 Å². The van der Waals surface area contributed by atoms with Crippen molar-refractivity contribution in [3.05, 3.63) is 28.8 Å². The lowest BCUT2D eigenvalue weighted by Crippen LogP contribution is -2.27. The van der Waals surface area contributed by atoms with Crippen molar-refractivity contribution >= 4 is 11.8 Å². The molecule has 0 bridgehead atoms. The van der Waals surface area contributed by atoms with Crippen LogP contribution < -0.4 is 4.74 Å². The Kier molecular flexibility index (Phi) is 4.14. The second-order valence-corrected chi connectivity index (χ2v) is 6.49. The van der Waals surface area contributed by atoms with Gasteiger partial charge in [-0.3, -0.25) is 9.59 Å². The molecule has 2 rings (SSSR count). The van der Waals surface area contributed by atoms with Crippen molar-refractivity contribution in [2.75, 3.05) is 7.11 Å². The molecule has 4 nitrogen and oxygen atoms in total. The quantitative estimate of drug-likeness (QED) is 0.656. The average Bonchev–Trinajstić information content (AvgIpc) is 2.99. The number of carboxylic acid groups (broad SMARTS) is 1. The third kappa shape index (κ3) is 2.12. The van der Waals surface area contributed by atoms with Gasteiger partial charge in [-0.05, 0) is 18.8 Å². The second kappa shape index (κ2) is 5.46. The number of benzene rings is 1. The van der Waals surface area contributed by atoms with Gasteiger partial charge in [0.05, 0.1) is 12.5 Å². The molecule has 2 atom stereocenters. The monoisotopic (exact) mass is 348 g/mol. The Labute approximate surface area is 135 Å². The van der Waals surface area contributed by atoms with Crippen LogP contribution in [0.15, 0.2) is 0 Å². The minimum atomic E-state index is -1.84. The van der Waals surface area contributed by atoms with Crippen LogP contribution in [0.1, 0.15) is 26.3 Å². The molecule has 0 saturated heterocycles. The standard InChI is InChI=1S/C16H16F4O4/c1-6(21)13-15(2,3)16(13,14(22)23)5-7-8(17)10(19)12(24-4)11(20)9(7)18/h13H,5H2,1-4H3,(H,22,23). The van der Waals surface area contributed by atoms with E-state index in [-0.39, 0.29) is 0 Å². The normalized spacial score (nSPS) is 24.6. The molecule has 8 heteroatoms. The molecular formula is C16H16F4O4. The molecular weight excluding hydrogens is 332 g/mol. The zero-order valence-corrected chi connectivity index (χ0v) is 13.5. The zero-order valence-electron chi connectivity index (χ0n) is 13.5. The summed E-state index contributed by atoms with van der Waals surface area (Å²) >= 11 is 0. The van der Waals surface area contributed by atoms with E-state index in [0.29, 0.717) is 0 Å². The lowest BCUT2D eigenvalue weighted by atomic mass is 9.87. The van der Waals surface area contributed by atoms with Crippen LogP contribution in [0.5, 0.6) is 5.75 Å². The molecule has 132 valence electrons. The fourth-order valence-electron chi connectivity index (χ4n) is 3.78. The van der Waals surface area contributed by atoms with Gasteiger partial charge in [-0.1, -0.05) is 13.8 Å². The Morgan fingerprint density at radius 1 is 1.08 bits per heavy atom. The van der Waals surface area contributed by atoms with Crippen LogP contribution >= 0.6 is 0 Å². The molecule has 0 aliphatic heterocycles. The van der Waals surface area contributed by atoms with Crippen molar-refractivity contribution in [1.29, 1.82) is 0 Å². The van der Waals surface area contributed by atoms with E-state index < -0.39 is 69.5 Å². The highest BCUT2D eigenvalue weighted by atomic mass is 19.2. The fourth-order valence-corrected chi connectivity index (χ4v) is 3.78. The number of carbonyl (C=O) groups excluding carboxylic acids is 1. The Morgan fingerprint density at radius 2 is 1.54 bits per heavy atom. The molecule has 1 saturated carbocycles. The van der Waals surface area contributed by atoms with Crippen molar-refractivity contribution in [3.63, 3.8) is 0 Å². The zero-order chi connectivity index (χ0) is 18.6. The molecule has 0 radical (unpaired) electrons. The first-order valence-electron chi connectivity index (χ1n) is 7.07. The van der Waals surface area contributed by atoms with Crippen LogP contribution in [-0.4, -0.2) is 24.0 Å². The van der Waals surface area contributed by atoms with Gasteiger partial charge in [-0.2, -0.15) is 8.78 Å². The van der Waals surface area contributed by atoms with E-state index in [0.717, 1.165) is 7.11 Å². The number of carboxylic acids is 1. The van der Waals surface area contributed by atoms with Gasteiger partial charge in [0.2, 0.25) is 11.6 Å². The Balaban J connectivity index is 2.63. The van der Waals surface area contributed by atoms with Gasteiger partial charge in [-0.15, -0.1) is 0 Å². The third-order valence-corrected chi connectivity index (χ3v) is 5.04. The van der Waals surface area contributed by atoms with Crippen LogP contribution in [0, 0.1) is 40.0 Å². The Bertz CT molecular complexity index is 715. The van der Waals surface area contributed by atoms with E-state index in [9.17, 15) is 32.3 Å².